The Bertz CT molecular complexity index is 1280. The molecule has 1 aromatic carbocycles. The van der Waals surface area contributed by atoms with Crippen LogP contribution in [0.25, 0.3) is 16.5 Å². The lowest BCUT2D eigenvalue weighted by atomic mass is 9.91. The zero-order chi connectivity index (χ0) is 24.5. The standard InChI is InChI=1S/C28H34N4O2S/c1-19(2)35(33)30-26-9-4-6-21(16-20(26)3)28-25(18-29)24-11-10-23(31-12-14-34-15-13-31)17-27(24)32(28)22-7-5-8-22/h4,9-11,16-17,19,22,30H,5-8,12-15H2,1-3H3. The normalized spacial score (nSPS) is 20.0. The highest BCUT2D eigenvalue weighted by molar-refractivity contribution is 7.83. The van der Waals surface area contributed by atoms with E-state index >= 15 is 0 Å². The van der Waals surface area contributed by atoms with Crippen molar-refractivity contribution in [2.45, 2.75) is 57.7 Å². The van der Waals surface area contributed by atoms with Crippen molar-refractivity contribution >= 4 is 33.1 Å². The predicted molar refractivity (Wildman–Crippen MR) is 143 cm³/mol. The molecule has 0 radical (unpaired) electrons. The zero-order valence-electron chi connectivity index (χ0n) is 20.8. The first kappa shape index (κ1) is 23.9. The van der Waals surface area contributed by atoms with Crippen LogP contribution in [0.2, 0.25) is 0 Å². The van der Waals surface area contributed by atoms with Crippen LogP contribution < -0.4 is 9.62 Å². The number of anilines is 1. The molecular weight excluding hydrogens is 456 g/mol. The molecule has 184 valence electrons. The van der Waals surface area contributed by atoms with E-state index in [4.69, 9.17) is 4.74 Å². The van der Waals surface area contributed by atoms with E-state index in [0.29, 0.717) is 6.04 Å². The van der Waals surface area contributed by atoms with Gasteiger partial charge in [-0.15, -0.1) is 0 Å². The summed E-state index contributed by atoms with van der Waals surface area (Å²) in [5.41, 5.74) is 7.20. The lowest BCUT2D eigenvalue weighted by Gasteiger charge is -2.32. The quantitative estimate of drug-likeness (QED) is 0.592. The van der Waals surface area contributed by atoms with E-state index in [0.717, 1.165) is 84.6 Å². The fourth-order valence-corrected chi connectivity index (χ4v) is 5.79. The highest BCUT2D eigenvalue weighted by Gasteiger charge is 2.29. The molecule has 3 aliphatic rings. The number of nitriles is 1. The van der Waals surface area contributed by atoms with Crippen molar-refractivity contribution in [2.75, 3.05) is 31.2 Å². The number of hydrogen-bond donors (Lipinski definition) is 1. The Morgan fingerprint density at radius 2 is 2.00 bits per heavy atom. The average molecular weight is 491 g/mol. The van der Waals surface area contributed by atoms with Crippen LogP contribution in [0, 0.1) is 11.3 Å². The maximum absolute atomic E-state index is 12.4. The molecule has 2 aromatic rings. The van der Waals surface area contributed by atoms with Gasteiger partial charge in [-0.2, -0.15) is 5.26 Å². The Labute approximate surface area is 210 Å². The van der Waals surface area contributed by atoms with E-state index in [9.17, 15) is 9.47 Å². The molecule has 1 atom stereocenters. The van der Waals surface area contributed by atoms with Crippen LogP contribution in [0.4, 0.5) is 5.69 Å². The molecule has 0 amide bonds. The Balaban J connectivity index is 1.64. The van der Waals surface area contributed by atoms with Gasteiger partial charge in [0.05, 0.1) is 30.0 Å². The third-order valence-electron chi connectivity index (χ3n) is 7.30. The van der Waals surface area contributed by atoms with Crippen molar-refractivity contribution in [3.63, 3.8) is 0 Å². The van der Waals surface area contributed by atoms with Gasteiger partial charge in [0.1, 0.15) is 17.1 Å². The number of nitrogens with one attached hydrogen (secondary N) is 1. The lowest BCUT2D eigenvalue weighted by Crippen LogP contribution is -2.36. The van der Waals surface area contributed by atoms with Crippen LogP contribution in [0.15, 0.2) is 47.7 Å². The minimum absolute atomic E-state index is 0.0300. The van der Waals surface area contributed by atoms with E-state index in [2.05, 4.69) is 57.5 Å². The van der Waals surface area contributed by atoms with E-state index in [-0.39, 0.29) is 5.25 Å². The number of fused-ring (bicyclic) bond motifs is 1. The number of ether oxygens (including phenoxy) is 1. The van der Waals surface area contributed by atoms with Gasteiger partial charge in [-0.25, -0.2) is 4.21 Å². The van der Waals surface area contributed by atoms with Crippen LogP contribution >= 0.6 is 0 Å². The van der Waals surface area contributed by atoms with Crippen molar-refractivity contribution in [2.24, 2.45) is 0 Å². The number of aromatic nitrogens is 1. The second-order valence-electron chi connectivity index (χ2n) is 9.91. The zero-order valence-corrected chi connectivity index (χ0v) is 21.7. The lowest BCUT2D eigenvalue weighted by molar-refractivity contribution is 0.122. The smallest absolute Gasteiger partial charge is 0.119 e. The molecule has 5 rings (SSSR count). The molecule has 1 saturated carbocycles. The molecule has 1 aliphatic heterocycles. The summed E-state index contributed by atoms with van der Waals surface area (Å²) in [5, 5.41) is 11.4. The molecule has 2 heterocycles. The Morgan fingerprint density at radius 3 is 2.66 bits per heavy atom. The summed E-state index contributed by atoms with van der Waals surface area (Å²) in [7, 11) is -1.14. The molecular formula is C28H34N4O2S. The second-order valence-corrected chi connectivity index (χ2v) is 11.7. The molecule has 1 N–H and O–H groups in total. The number of hydrogen-bond acceptors (Lipinski definition) is 4. The van der Waals surface area contributed by atoms with Gasteiger partial charge >= 0.3 is 0 Å². The van der Waals surface area contributed by atoms with Crippen LogP contribution in [0.5, 0.6) is 0 Å². The number of allylic oxidation sites excluding steroid dienone is 5. The molecule has 6 nitrogen and oxygen atoms in total. The third-order valence-corrected chi connectivity index (χ3v) is 8.57. The molecule has 7 heteroatoms. The number of rotatable bonds is 6. The number of morpholine rings is 1. The van der Waals surface area contributed by atoms with Gasteiger partial charge in [-0.3, -0.25) is 0 Å². The Hall–Kier alpha value is -2.82. The molecule has 1 saturated heterocycles. The van der Waals surface area contributed by atoms with E-state index in [1.54, 1.807) is 0 Å². The van der Waals surface area contributed by atoms with E-state index in [1.807, 2.05) is 19.9 Å². The van der Waals surface area contributed by atoms with Crippen LogP contribution in [-0.2, 0) is 15.7 Å². The summed E-state index contributed by atoms with van der Waals surface area (Å²) >= 11 is 0. The van der Waals surface area contributed by atoms with Gasteiger partial charge in [0.15, 0.2) is 0 Å². The largest absolute Gasteiger partial charge is 0.378 e. The molecule has 2 aliphatic carbocycles. The molecule has 0 spiro atoms. The third kappa shape index (κ3) is 4.57. The van der Waals surface area contributed by atoms with Crippen molar-refractivity contribution in [3.05, 3.63) is 59.0 Å². The molecule has 1 aromatic heterocycles. The van der Waals surface area contributed by atoms with Gasteiger partial charge in [-0.05, 0) is 81.9 Å². The first-order chi connectivity index (χ1) is 17.0. The summed E-state index contributed by atoms with van der Waals surface area (Å²) in [5.74, 6) is 0. The summed E-state index contributed by atoms with van der Waals surface area (Å²) in [6, 6.07) is 9.53. The topological polar surface area (TPSA) is 70.3 Å². The van der Waals surface area contributed by atoms with Crippen molar-refractivity contribution < 1.29 is 8.95 Å². The number of benzene rings is 1. The minimum Gasteiger partial charge on any atom is -0.378 e. The highest BCUT2D eigenvalue weighted by Crippen LogP contribution is 2.43. The molecule has 1 unspecified atom stereocenters. The van der Waals surface area contributed by atoms with Gasteiger partial charge < -0.3 is 18.9 Å². The van der Waals surface area contributed by atoms with Gasteiger partial charge in [0.2, 0.25) is 0 Å². The fraction of sp³-hybridized carbons (Fsp3) is 0.464. The van der Waals surface area contributed by atoms with Gasteiger partial charge in [0.25, 0.3) is 0 Å². The SMILES string of the molecule is CC1=C(NS(=O)C(C)C)C=CCC(c2c(C#N)c3ccc(N4CCOCC4)cc3n2C2CCC2)=C1. The minimum atomic E-state index is -1.14. The highest BCUT2D eigenvalue weighted by atomic mass is 32.2. The maximum atomic E-state index is 12.4. The average Bonchev–Trinajstić information content (AvgIpc) is 3.03. The number of nitrogens with zero attached hydrogens (tertiary/aromatic N) is 3. The Morgan fingerprint density at radius 1 is 1.23 bits per heavy atom. The van der Waals surface area contributed by atoms with Crippen molar-refractivity contribution in [3.8, 4) is 6.07 Å². The van der Waals surface area contributed by atoms with Crippen molar-refractivity contribution in [1.29, 1.82) is 5.26 Å². The first-order valence-electron chi connectivity index (χ1n) is 12.6. The van der Waals surface area contributed by atoms with Crippen molar-refractivity contribution in [1.82, 2.24) is 9.29 Å². The van der Waals surface area contributed by atoms with Crippen LogP contribution in [-0.4, -0.2) is 40.3 Å². The first-order valence-corrected chi connectivity index (χ1v) is 13.9. The summed E-state index contributed by atoms with van der Waals surface area (Å²) < 4.78 is 23.6. The van der Waals surface area contributed by atoms with Gasteiger partial charge in [-0.1, -0.05) is 12.2 Å². The second kappa shape index (κ2) is 10.0. The summed E-state index contributed by atoms with van der Waals surface area (Å²) in [6.45, 7) is 9.22. The fourth-order valence-electron chi connectivity index (χ4n) is 5.11. The monoisotopic (exact) mass is 490 g/mol. The van der Waals surface area contributed by atoms with Gasteiger partial charge in [0, 0.05) is 41.2 Å². The summed E-state index contributed by atoms with van der Waals surface area (Å²) in [4.78, 5) is 2.38. The van der Waals surface area contributed by atoms with Crippen LogP contribution in [0.1, 0.15) is 63.8 Å². The summed E-state index contributed by atoms with van der Waals surface area (Å²) in [6.07, 6.45) is 10.5. The maximum Gasteiger partial charge on any atom is 0.119 e. The molecule has 0 bridgehead atoms. The molecule has 2 fully saturated rings. The Kier molecular flexibility index (Phi) is 6.86. The van der Waals surface area contributed by atoms with E-state index < -0.39 is 11.0 Å². The predicted octanol–water partition coefficient (Wildman–Crippen LogP) is 5.35. The molecule has 35 heavy (non-hydrogen) atoms. The van der Waals surface area contributed by atoms with E-state index in [1.165, 1.54) is 12.1 Å². The van der Waals surface area contributed by atoms with Crippen LogP contribution in [0.3, 0.4) is 0 Å².